The van der Waals surface area contributed by atoms with Gasteiger partial charge in [-0.1, -0.05) is 29.8 Å². The van der Waals surface area contributed by atoms with E-state index >= 15 is 0 Å². The van der Waals surface area contributed by atoms with Gasteiger partial charge in [0.05, 0.1) is 0 Å². The molecule has 0 spiro atoms. The molecular formula is C17H19NO2. The fourth-order valence-electron chi connectivity index (χ4n) is 2.94. The predicted octanol–water partition coefficient (Wildman–Crippen LogP) is 2.68. The lowest BCUT2D eigenvalue weighted by Crippen LogP contribution is -2.20. The summed E-state index contributed by atoms with van der Waals surface area (Å²) in [5.74, 6) is 0.135. The maximum absolute atomic E-state index is 9.82. The third-order valence-corrected chi connectivity index (χ3v) is 3.98. The van der Waals surface area contributed by atoms with E-state index < -0.39 is 0 Å². The van der Waals surface area contributed by atoms with Crippen LogP contribution in [0.1, 0.15) is 28.2 Å². The average Bonchev–Trinajstić information content (AvgIpc) is 2.62. The monoisotopic (exact) mass is 269 g/mol. The van der Waals surface area contributed by atoms with Gasteiger partial charge in [0, 0.05) is 12.5 Å². The average molecular weight is 269 g/mol. The maximum atomic E-state index is 9.82. The molecule has 0 fully saturated rings. The molecule has 20 heavy (non-hydrogen) atoms. The van der Waals surface area contributed by atoms with Gasteiger partial charge in [0.1, 0.15) is 0 Å². The number of benzene rings is 2. The van der Waals surface area contributed by atoms with Crippen molar-refractivity contribution in [2.45, 2.75) is 19.3 Å². The first kappa shape index (κ1) is 13.0. The highest BCUT2D eigenvalue weighted by atomic mass is 16.3. The smallest absolute Gasteiger partial charge is 0.157 e. The Morgan fingerprint density at radius 1 is 1.10 bits per heavy atom. The van der Waals surface area contributed by atoms with Gasteiger partial charge in [-0.15, -0.1) is 0 Å². The third-order valence-electron chi connectivity index (χ3n) is 3.98. The van der Waals surface area contributed by atoms with Crippen molar-refractivity contribution in [1.82, 2.24) is 5.32 Å². The van der Waals surface area contributed by atoms with Crippen LogP contribution in [0.25, 0.3) is 0 Å². The minimum absolute atomic E-state index is 0.0337. The Kier molecular flexibility index (Phi) is 3.36. The van der Waals surface area contributed by atoms with E-state index in [-0.39, 0.29) is 17.4 Å². The Hall–Kier alpha value is -2.00. The van der Waals surface area contributed by atoms with Crippen LogP contribution in [0, 0.1) is 6.92 Å². The van der Waals surface area contributed by atoms with E-state index in [0.29, 0.717) is 0 Å². The summed E-state index contributed by atoms with van der Waals surface area (Å²) in [4.78, 5) is 0. The molecule has 0 amide bonds. The minimum atomic E-state index is -0.0386. The van der Waals surface area contributed by atoms with Crippen molar-refractivity contribution in [3.05, 3.63) is 58.7 Å². The number of fused-ring (bicyclic) bond motifs is 1. The van der Waals surface area contributed by atoms with Gasteiger partial charge in [0.15, 0.2) is 11.5 Å². The molecule has 2 aromatic rings. The van der Waals surface area contributed by atoms with Gasteiger partial charge in [-0.05, 0) is 48.7 Å². The van der Waals surface area contributed by atoms with E-state index in [1.165, 1.54) is 11.1 Å². The Morgan fingerprint density at radius 3 is 2.70 bits per heavy atom. The molecule has 1 atom stereocenters. The van der Waals surface area contributed by atoms with Crippen LogP contribution in [0.4, 0.5) is 0 Å². The number of phenols is 2. The molecule has 1 aliphatic rings. The molecule has 0 aliphatic carbocycles. The minimum Gasteiger partial charge on any atom is -0.504 e. The molecule has 0 aromatic heterocycles. The second kappa shape index (κ2) is 5.17. The molecular weight excluding hydrogens is 250 g/mol. The molecule has 3 nitrogen and oxygen atoms in total. The molecule has 2 aromatic carbocycles. The zero-order valence-corrected chi connectivity index (χ0v) is 11.6. The Bertz CT molecular complexity index is 637. The fourth-order valence-corrected chi connectivity index (χ4v) is 2.94. The summed E-state index contributed by atoms with van der Waals surface area (Å²) in [7, 11) is 0. The van der Waals surface area contributed by atoms with Gasteiger partial charge in [0.2, 0.25) is 0 Å². The first-order valence-electron chi connectivity index (χ1n) is 6.97. The number of phenolic OH excluding ortho intramolecular Hbond substituents is 2. The fraction of sp³-hybridized carbons (Fsp3) is 0.294. The molecule has 3 heteroatoms. The van der Waals surface area contributed by atoms with E-state index in [1.54, 1.807) is 12.1 Å². The quantitative estimate of drug-likeness (QED) is 0.698. The van der Waals surface area contributed by atoms with E-state index in [0.717, 1.165) is 30.6 Å². The number of nitrogens with one attached hydrogen (secondary N) is 1. The Labute approximate surface area is 118 Å². The molecule has 3 rings (SSSR count). The Morgan fingerprint density at radius 2 is 1.90 bits per heavy atom. The molecule has 0 saturated carbocycles. The van der Waals surface area contributed by atoms with E-state index in [9.17, 15) is 10.2 Å². The number of hydrogen-bond acceptors (Lipinski definition) is 3. The zero-order chi connectivity index (χ0) is 14.1. The van der Waals surface area contributed by atoms with Crippen molar-refractivity contribution in [1.29, 1.82) is 0 Å². The number of aromatic hydroxyl groups is 2. The van der Waals surface area contributed by atoms with E-state index in [4.69, 9.17) is 0 Å². The third kappa shape index (κ3) is 2.37. The van der Waals surface area contributed by atoms with Gasteiger partial charge >= 0.3 is 0 Å². The first-order chi connectivity index (χ1) is 9.65. The summed E-state index contributed by atoms with van der Waals surface area (Å²) < 4.78 is 0. The number of aryl methyl sites for hydroxylation is 1. The lowest BCUT2D eigenvalue weighted by Gasteiger charge is -2.19. The summed E-state index contributed by atoms with van der Waals surface area (Å²) in [6.45, 7) is 3.82. The van der Waals surface area contributed by atoms with Crippen LogP contribution in [0.5, 0.6) is 11.5 Å². The van der Waals surface area contributed by atoms with Crippen LogP contribution in [-0.4, -0.2) is 23.3 Å². The van der Waals surface area contributed by atoms with Crippen LogP contribution < -0.4 is 5.32 Å². The lowest BCUT2D eigenvalue weighted by atomic mass is 9.87. The maximum Gasteiger partial charge on any atom is 0.157 e. The van der Waals surface area contributed by atoms with E-state index in [2.05, 4.69) is 36.5 Å². The number of rotatable bonds is 1. The lowest BCUT2D eigenvalue weighted by molar-refractivity contribution is 0.402. The molecule has 3 N–H and O–H groups in total. The zero-order valence-electron chi connectivity index (χ0n) is 11.6. The van der Waals surface area contributed by atoms with Crippen LogP contribution in [0.3, 0.4) is 0 Å². The van der Waals surface area contributed by atoms with Gasteiger partial charge in [0.25, 0.3) is 0 Å². The number of hydrogen-bond donors (Lipinski definition) is 3. The highest BCUT2D eigenvalue weighted by molar-refractivity contribution is 5.50. The van der Waals surface area contributed by atoms with Gasteiger partial charge in [-0.25, -0.2) is 0 Å². The van der Waals surface area contributed by atoms with Crippen molar-refractivity contribution >= 4 is 0 Å². The topological polar surface area (TPSA) is 52.5 Å². The second-order valence-electron chi connectivity index (χ2n) is 5.46. The molecule has 0 saturated heterocycles. The predicted molar refractivity (Wildman–Crippen MR) is 79.4 cm³/mol. The van der Waals surface area contributed by atoms with Gasteiger partial charge in [-0.3, -0.25) is 0 Å². The van der Waals surface area contributed by atoms with Crippen molar-refractivity contribution in [2.75, 3.05) is 13.1 Å². The largest absolute Gasteiger partial charge is 0.504 e. The van der Waals surface area contributed by atoms with Crippen molar-refractivity contribution in [2.24, 2.45) is 0 Å². The molecule has 0 bridgehead atoms. The van der Waals surface area contributed by atoms with Crippen LogP contribution in [0.15, 0.2) is 36.4 Å². The molecule has 1 aliphatic heterocycles. The van der Waals surface area contributed by atoms with Gasteiger partial charge < -0.3 is 15.5 Å². The van der Waals surface area contributed by atoms with E-state index in [1.807, 2.05) is 0 Å². The summed E-state index contributed by atoms with van der Waals surface area (Å²) in [6, 6.07) is 11.9. The molecule has 1 heterocycles. The normalized spacial score (nSPS) is 18.4. The molecule has 0 unspecified atom stereocenters. The summed E-state index contributed by atoms with van der Waals surface area (Å²) in [6.07, 6.45) is 0.867. The highest BCUT2D eigenvalue weighted by Gasteiger charge is 2.22. The van der Waals surface area contributed by atoms with Crippen molar-refractivity contribution in [3.63, 3.8) is 0 Å². The molecule has 104 valence electrons. The summed E-state index contributed by atoms with van der Waals surface area (Å²) in [5.41, 5.74) is 4.69. The van der Waals surface area contributed by atoms with Crippen LogP contribution in [-0.2, 0) is 6.42 Å². The van der Waals surface area contributed by atoms with Crippen molar-refractivity contribution in [3.8, 4) is 11.5 Å². The second-order valence-corrected chi connectivity index (χ2v) is 5.46. The van der Waals surface area contributed by atoms with Crippen LogP contribution in [0.2, 0.25) is 0 Å². The summed E-state index contributed by atoms with van der Waals surface area (Å²) in [5, 5.41) is 23.0. The van der Waals surface area contributed by atoms with Crippen LogP contribution >= 0.6 is 0 Å². The van der Waals surface area contributed by atoms with Gasteiger partial charge in [-0.2, -0.15) is 0 Å². The molecule has 0 radical (unpaired) electrons. The first-order valence-corrected chi connectivity index (χ1v) is 6.97. The highest BCUT2D eigenvalue weighted by Crippen LogP contribution is 2.36. The Balaban J connectivity index is 2.11. The van der Waals surface area contributed by atoms with Crippen molar-refractivity contribution < 1.29 is 10.2 Å². The SMILES string of the molecule is Cc1cccc([C@@H]2CNCCc3cc(O)c(O)cc32)c1. The standard InChI is InChI=1S/C17H19NO2/c1-11-3-2-4-12(7-11)15-10-18-6-5-13-8-16(19)17(20)9-14(13)15/h2-4,7-9,15,18-20H,5-6,10H2,1H3/t15-/m0/s1. The summed E-state index contributed by atoms with van der Waals surface area (Å²) >= 11 is 0.